The van der Waals surface area contributed by atoms with Crippen molar-refractivity contribution in [3.8, 4) is 23.6 Å². The van der Waals surface area contributed by atoms with E-state index in [9.17, 15) is 24.2 Å². The van der Waals surface area contributed by atoms with Crippen molar-refractivity contribution in [3.63, 3.8) is 0 Å². The average molecular weight is 587 g/mol. The van der Waals surface area contributed by atoms with Crippen molar-refractivity contribution in [2.75, 3.05) is 51.3 Å². The number of quaternary nitrogens is 1. The molecule has 12 heteroatoms. The van der Waals surface area contributed by atoms with Gasteiger partial charge in [-0.05, 0) is 24.5 Å². The van der Waals surface area contributed by atoms with Crippen LogP contribution in [0.5, 0.6) is 0 Å². The predicted molar refractivity (Wildman–Crippen MR) is 152 cm³/mol. The molecule has 3 aliphatic heterocycles. The quantitative estimate of drug-likeness (QED) is 0.266. The molecule has 0 radical (unpaired) electrons. The minimum atomic E-state index is -2.23. The first kappa shape index (κ1) is 29.4. The molecular weight excluding hydrogens is 549 g/mol. The van der Waals surface area contributed by atoms with Gasteiger partial charge in [0.05, 0.1) is 45.2 Å². The maximum absolute atomic E-state index is 14.9. The van der Waals surface area contributed by atoms with Crippen LogP contribution in [0.15, 0.2) is 24.3 Å². The van der Waals surface area contributed by atoms with Crippen LogP contribution < -0.4 is 15.1 Å². The molecule has 220 valence electrons. The number of halogens is 1. The number of terminal acetylenes is 1. The Balaban J connectivity index is 1.30. The topological polar surface area (TPSA) is 120 Å². The number of likely N-dealkylation sites (tertiary alicyclic amines) is 1. The molecule has 3 fully saturated rings. The zero-order chi connectivity index (χ0) is 29.5. The molecule has 10 nitrogen and oxygen atoms in total. The van der Waals surface area contributed by atoms with Gasteiger partial charge in [-0.15, -0.1) is 6.42 Å². The predicted octanol–water partition coefficient (Wildman–Crippen LogP) is -0.0317. The molecule has 0 spiro atoms. The summed E-state index contributed by atoms with van der Waals surface area (Å²) in [5.74, 6) is -0.993. The van der Waals surface area contributed by atoms with E-state index in [4.69, 9.17) is 11.2 Å². The van der Waals surface area contributed by atoms with E-state index in [1.807, 2.05) is 13.8 Å². The molecule has 0 saturated carbocycles. The molecule has 0 aliphatic carbocycles. The number of carbonyl (C=O) groups excluding carboxylic acids is 2. The molecule has 4 N–H and O–H groups in total. The highest BCUT2D eigenvalue weighted by molar-refractivity contribution is 7.14. The first-order valence-electron chi connectivity index (χ1n) is 13.9. The highest BCUT2D eigenvalue weighted by atomic mass is 32.1. The van der Waals surface area contributed by atoms with Gasteiger partial charge < -0.3 is 35.0 Å². The van der Waals surface area contributed by atoms with Crippen LogP contribution in [0.1, 0.15) is 30.6 Å². The van der Waals surface area contributed by atoms with Crippen molar-refractivity contribution in [2.45, 2.75) is 44.2 Å². The molecule has 1 aromatic heterocycles. The number of aliphatic hydroxyl groups is 2. The molecule has 5 rings (SSSR count). The molecular formula is C29H37FN5O5S+. The lowest BCUT2D eigenvalue weighted by Gasteiger charge is -2.33. The average Bonchev–Trinajstić information content (AvgIpc) is 3.61. The molecule has 0 bridgehead atoms. The highest BCUT2D eigenvalue weighted by Crippen LogP contribution is 2.38. The van der Waals surface area contributed by atoms with Crippen LogP contribution >= 0.6 is 11.3 Å². The summed E-state index contributed by atoms with van der Waals surface area (Å²) in [5.41, 5.74) is 1.11. The zero-order valence-corrected chi connectivity index (χ0v) is 24.3. The van der Waals surface area contributed by atoms with Crippen molar-refractivity contribution in [3.05, 3.63) is 35.0 Å². The Kier molecular flexibility index (Phi) is 8.36. The van der Waals surface area contributed by atoms with E-state index >= 15 is 0 Å². The lowest BCUT2D eigenvalue weighted by atomic mass is 9.98. The zero-order valence-electron chi connectivity index (χ0n) is 23.5. The second-order valence-electron chi connectivity index (χ2n) is 11.7. The fraction of sp³-hybridized carbons (Fsp3) is 0.552. The van der Waals surface area contributed by atoms with Crippen LogP contribution in [-0.2, 0) is 9.53 Å². The number of anilines is 1. The van der Waals surface area contributed by atoms with Crippen LogP contribution in [0, 0.1) is 29.3 Å². The molecule has 0 unspecified atom stereocenters. The number of nitrogens with zero attached hydrogens (tertiary/aromatic N) is 3. The van der Waals surface area contributed by atoms with Gasteiger partial charge in [0.15, 0.2) is 5.13 Å². The van der Waals surface area contributed by atoms with Gasteiger partial charge in [-0.1, -0.05) is 43.2 Å². The second-order valence-corrected chi connectivity index (χ2v) is 12.6. The fourth-order valence-electron chi connectivity index (χ4n) is 5.82. The van der Waals surface area contributed by atoms with E-state index in [0.717, 1.165) is 37.5 Å². The first-order chi connectivity index (χ1) is 19.5. The summed E-state index contributed by atoms with van der Waals surface area (Å²) in [4.78, 5) is 36.3. The van der Waals surface area contributed by atoms with E-state index < -0.39 is 41.7 Å². The van der Waals surface area contributed by atoms with Gasteiger partial charge in [-0.25, -0.2) is 4.98 Å². The summed E-state index contributed by atoms with van der Waals surface area (Å²) in [5, 5.41) is 24.1. The summed E-state index contributed by atoms with van der Waals surface area (Å²) in [6, 6.07) is 4.52. The van der Waals surface area contributed by atoms with Crippen LogP contribution in [0.3, 0.4) is 0 Å². The summed E-state index contributed by atoms with van der Waals surface area (Å²) < 4.78 is 20.4. The largest absolute Gasteiger partial charge is 0.369 e. The number of carbonyl (C=O) groups is 2. The molecule has 3 saturated heterocycles. The van der Waals surface area contributed by atoms with E-state index in [-0.39, 0.29) is 29.9 Å². The molecule has 2 amide bonds. The summed E-state index contributed by atoms with van der Waals surface area (Å²) in [6.45, 7) is 7.19. The van der Waals surface area contributed by atoms with Crippen molar-refractivity contribution in [1.82, 2.24) is 15.2 Å². The number of piperazine rings is 1. The minimum absolute atomic E-state index is 0.0600. The number of aromatic nitrogens is 1. The number of likely N-dealkylation sites (N-methyl/N-ethyl adjacent to an activating group) is 1. The Morgan fingerprint density at radius 3 is 2.61 bits per heavy atom. The number of benzene rings is 1. The lowest BCUT2D eigenvalue weighted by molar-refractivity contribution is -0.880. The third kappa shape index (κ3) is 5.96. The monoisotopic (exact) mass is 586 g/mol. The molecule has 1 aromatic carbocycles. The molecule has 2 aromatic rings. The molecule has 4 atom stereocenters. The molecule has 4 heterocycles. The van der Waals surface area contributed by atoms with E-state index in [0.29, 0.717) is 22.7 Å². The number of amides is 2. The summed E-state index contributed by atoms with van der Waals surface area (Å²) in [7, 11) is 2.14. The SMILES string of the molecule is C#C[C@@H]1CN(C(=O)[C@H](CC(C)C)NC(=O)c2ccc(-c3nc(N4CC[NH+](C)CC4)sc3F)cc2)[C@H]2[C@@H]1OCC2(O)O. The minimum Gasteiger partial charge on any atom is -0.369 e. The molecule has 41 heavy (non-hydrogen) atoms. The van der Waals surface area contributed by atoms with Crippen molar-refractivity contribution >= 4 is 28.3 Å². The highest BCUT2D eigenvalue weighted by Gasteiger charge is 2.59. The standard InChI is InChI=1S/C29H36FN5O5S/c1-5-18-15-35(24-23(18)40-16-29(24,38)39)27(37)21(14-17(2)3)31-26(36)20-8-6-19(7-9-20)22-25(30)41-28(32-22)34-12-10-33(4)11-13-34/h1,6-9,17-18,21,23-24,38-39H,10-16H2,2-4H3,(H,31,36)/p+1/t18-,21+,23-,24+/m1/s1. The van der Waals surface area contributed by atoms with Crippen molar-refractivity contribution < 1.29 is 33.8 Å². The van der Waals surface area contributed by atoms with Gasteiger partial charge in [0.2, 0.25) is 16.8 Å². The Morgan fingerprint density at radius 1 is 1.29 bits per heavy atom. The Labute approximate surface area is 243 Å². The van der Waals surface area contributed by atoms with Crippen molar-refractivity contribution in [2.24, 2.45) is 11.8 Å². The Hall–Kier alpha value is -3.08. The fourth-order valence-corrected chi connectivity index (χ4v) is 6.69. The number of rotatable bonds is 7. The van der Waals surface area contributed by atoms with E-state index in [2.05, 4.69) is 28.2 Å². The third-order valence-electron chi connectivity index (χ3n) is 8.09. The number of nitrogens with one attached hydrogen (secondary N) is 2. The Bertz CT molecular complexity index is 1320. The van der Waals surface area contributed by atoms with Gasteiger partial charge in [0.25, 0.3) is 5.91 Å². The number of fused-ring (bicyclic) bond motifs is 1. The Morgan fingerprint density at radius 2 is 1.98 bits per heavy atom. The normalized spacial score (nSPS) is 24.8. The summed E-state index contributed by atoms with van der Waals surface area (Å²) in [6.07, 6.45) is 5.28. The van der Waals surface area contributed by atoms with Gasteiger partial charge in [-0.3, -0.25) is 9.59 Å². The number of ether oxygens (including phenoxy) is 1. The van der Waals surface area contributed by atoms with Gasteiger partial charge >= 0.3 is 0 Å². The van der Waals surface area contributed by atoms with Gasteiger partial charge in [0, 0.05) is 17.7 Å². The number of thiazole rings is 1. The van der Waals surface area contributed by atoms with Crippen LogP contribution in [0.25, 0.3) is 11.3 Å². The van der Waals surface area contributed by atoms with Crippen LogP contribution in [-0.4, -0.2) is 102 Å². The summed E-state index contributed by atoms with van der Waals surface area (Å²) >= 11 is 1.03. The van der Waals surface area contributed by atoms with E-state index in [1.165, 1.54) is 9.80 Å². The first-order valence-corrected chi connectivity index (χ1v) is 14.8. The third-order valence-corrected chi connectivity index (χ3v) is 8.99. The smallest absolute Gasteiger partial charge is 0.251 e. The van der Waals surface area contributed by atoms with Crippen LogP contribution in [0.4, 0.5) is 9.52 Å². The van der Waals surface area contributed by atoms with Crippen LogP contribution in [0.2, 0.25) is 0 Å². The maximum Gasteiger partial charge on any atom is 0.251 e. The van der Waals surface area contributed by atoms with E-state index in [1.54, 1.807) is 24.3 Å². The molecule has 3 aliphatic rings. The lowest BCUT2D eigenvalue weighted by Crippen LogP contribution is -3.12. The van der Waals surface area contributed by atoms with Crippen molar-refractivity contribution in [1.29, 1.82) is 0 Å². The number of hydrogen-bond acceptors (Lipinski definition) is 8. The van der Waals surface area contributed by atoms with Gasteiger partial charge in [-0.2, -0.15) is 4.39 Å². The number of hydrogen-bond donors (Lipinski definition) is 4. The maximum atomic E-state index is 14.9. The second kappa shape index (κ2) is 11.7. The van der Waals surface area contributed by atoms with Gasteiger partial charge in [0.1, 0.15) is 24.4 Å².